The Kier molecular flexibility index (Phi) is 5.71. The van der Waals surface area contributed by atoms with Crippen LogP contribution < -0.4 is 5.32 Å². The Hall–Kier alpha value is -1.00. The highest BCUT2D eigenvalue weighted by Crippen LogP contribution is 2.30. The van der Waals surface area contributed by atoms with Gasteiger partial charge < -0.3 is 10.1 Å². The quantitative estimate of drug-likeness (QED) is 0.861. The highest BCUT2D eigenvalue weighted by molar-refractivity contribution is 5.21. The minimum Gasteiger partial charge on any atom is -0.374 e. The Morgan fingerprint density at radius 2 is 2.00 bits per heavy atom. The fourth-order valence-corrected chi connectivity index (χ4v) is 2.98. The Balaban J connectivity index is 2.19. The second-order valence-corrected chi connectivity index (χ2v) is 6.03. The molecule has 21 heavy (non-hydrogen) atoms. The number of nitrogens with one attached hydrogen (secondary N) is 1. The van der Waals surface area contributed by atoms with E-state index in [0.29, 0.717) is 6.42 Å². The smallest absolute Gasteiger partial charge is 0.129 e. The maximum atomic E-state index is 13.9. The second kappa shape index (κ2) is 7.32. The molecule has 1 aliphatic rings. The molecule has 2 atom stereocenters. The van der Waals surface area contributed by atoms with Crippen molar-refractivity contribution >= 4 is 0 Å². The lowest BCUT2D eigenvalue weighted by Gasteiger charge is -2.41. The van der Waals surface area contributed by atoms with Crippen LogP contribution in [0.3, 0.4) is 0 Å². The summed E-state index contributed by atoms with van der Waals surface area (Å²) in [5.74, 6) is -0.949. The maximum absolute atomic E-state index is 13.9. The van der Waals surface area contributed by atoms with Crippen molar-refractivity contribution in [1.29, 1.82) is 0 Å². The molecule has 2 nitrogen and oxygen atoms in total. The van der Waals surface area contributed by atoms with E-state index in [1.54, 1.807) is 0 Å². The van der Waals surface area contributed by atoms with Crippen LogP contribution in [0.1, 0.15) is 45.1 Å². The Morgan fingerprint density at radius 1 is 1.29 bits per heavy atom. The van der Waals surface area contributed by atoms with Crippen molar-refractivity contribution in [1.82, 2.24) is 5.32 Å². The zero-order chi connectivity index (χ0) is 15.3. The first-order chi connectivity index (χ1) is 10.1. The molecule has 1 heterocycles. The Bertz CT molecular complexity index is 438. The van der Waals surface area contributed by atoms with E-state index in [4.69, 9.17) is 4.74 Å². The van der Waals surface area contributed by atoms with Crippen LogP contribution in [0.4, 0.5) is 8.78 Å². The minimum absolute atomic E-state index is 0.0795. The lowest BCUT2D eigenvalue weighted by Crippen LogP contribution is -2.53. The van der Waals surface area contributed by atoms with Gasteiger partial charge in [-0.1, -0.05) is 13.0 Å². The molecule has 0 spiro atoms. The third-order valence-corrected chi connectivity index (χ3v) is 4.35. The van der Waals surface area contributed by atoms with E-state index in [2.05, 4.69) is 19.2 Å². The predicted molar refractivity (Wildman–Crippen MR) is 80.4 cm³/mol. The summed E-state index contributed by atoms with van der Waals surface area (Å²) < 4.78 is 33.8. The van der Waals surface area contributed by atoms with Crippen LogP contribution in [-0.2, 0) is 11.2 Å². The summed E-state index contributed by atoms with van der Waals surface area (Å²) in [5, 5.41) is 3.42. The highest BCUT2D eigenvalue weighted by Gasteiger charge is 2.37. The second-order valence-electron chi connectivity index (χ2n) is 6.03. The molecule has 1 fully saturated rings. The molecule has 0 aromatic heterocycles. The van der Waals surface area contributed by atoms with Crippen LogP contribution in [0.15, 0.2) is 18.2 Å². The van der Waals surface area contributed by atoms with Crippen LogP contribution in [0.25, 0.3) is 0 Å². The van der Waals surface area contributed by atoms with E-state index < -0.39 is 11.6 Å². The van der Waals surface area contributed by atoms with Gasteiger partial charge in [-0.25, -0.2) is 8.78 Å². The third kappa shape index (κ3) is 4.01. The van der Waals surface area contributed by atoms with Crippen LogP contribution in [0, 0.1) is 11.6 Å². The van der Waals surface area contributed by atoms with Gasteiger partial charge in [0.2, 0.25) is 0 Å². The van der Waals surface area contributed by atoms with Crippen molar-refractivity contribution in [3.8, 4) is 0 Å². The van der Waals surface area contributed by atoms with E-state index in [1.807, 2.05) is 0 Å². The standard InChI is InChI=1S/C17H25F2NO/c1-3-10-20-16(17(2)9-4-5-11-21-17)12-13-14(18)7-6-8-15(13)19/h6-8,16,20H,3-5,9-12H2,1-2H3. The number of ether oxygens (including phenoxy) is 1. The average molecular weight is 297 g/mol. The monoisotopic (exact) mass is 297 g/mol. The summed E-state index contributed by atoms with van der Waals surface area (Å²) in [6.45, 7) is 5.68. The topological polar surface area (TPSA) is 21.3 Å². The van der Waals surface area contributed by atoms with Gasteiger partial charge in [-0.2, -0.15) is 0 Å². The summed E-state index contributed by atoms with van der Waals surface area (Å²) >= 11 is 0. The summed E-state index contributed by atoms with van der Waals surface area (Å²) in [6.07, 6.45) is 4.37. The molecule has 0 bridgehead atoms. The van der Waals surface area contributed by atoms with Gasteiger partial charge >= 0.3 is 0 Å². The van der Waals surface area contributed by atoms with Crippen LogP contribution in [0.5, 0.6) is 0 Å². The van der Waals surface area contributed by atoms with Gasteiger partial charge in [0, 0.05) is 18.2 Å². The summed E-state index contributed by atoms with van der Waals surface area (Å²) in [7, 11) is 0. The predicted octanol–water partition coefficient (Wildman–Crippen LogP) is 3.83. The number of hydrogen-bond acceptors (Lipinski definition) is 2. The normalized spacial score (nSPS) is 24.0. The Labute approximate surface area is 125 Å². The molecule has 1 saturated heterocycles. The van der Waals surface area contributed by atoms with Gasteiger partial charge in [-0.3, -0.25) is 0 Å². The first kappa shape index (κ1) is 16.4. The number of rotatable bonds is 6. The fourth-order valence-electron chi connectivity index (χ4n) is 2.98. The summed E-state index contributed by atoms with van der Waals surface area (Å²) in [6, 6.07) is 3.96. The first-order valence-electron chi connectivity index (χ1n) is 7.87. The van der Waals surface area contributed by atoms with Crippen molar-refractivity contribution < 1.29 is 13.5 Å². The lowest BCUT2D eigenvalue weighted by molar-refractivity contribution is -0.0885. The van der Waals surface area contributed by atoms with E-state index in [-0.39, 0.29) is 17.2 Å². The average Bonchev–Trinajstić information content (AvgIpc) is 2.46. The van der Waals surface area contributed by atoms with Crippen LogP contribution in [0.2, 0.25) is 0 Å². The molecule has 118 valence electrons. The molecular weight excluding hydrogens is 272 g/mol. The van der Waals surface area contributed by atoms with Crippen LogP contribution >= 0.6 is 0 Å². The molecule has 2 unspecified atom stereocenters. The van der Waals surface area contributed by atoms with Gasteiger partial charge in [-0.05, 0) is 57.7 Å². The van der Waals surface area contributed by atoms with E-state index in [0.717, 1.165) is 38.8 Å². The molecule has 0 radical (unpaired) electrons. The minimum atomic E-state index is -0.474. The van der Waals surface area contributed by atoms with Crippen molar-refractivity contribution in [2.24, 2.45) is 0 Å². The van der Waals surface area contributed by atoms with Crippen molar-refractivity contribution in [3.63, 3.8) is 0 Å². The van der Waals surface area contributed by atoms with E-state index >= 15 is 0 Å². The van der Waals surface area contributed by atoms with Crippen molar-refractivity contribution in [2.75, 3.05) is 13.2 Å². The molecule has 1 N–H and O–H groups in total. The van der Waals surface area contributed by atoms with Gasteiger partial charge in [0.15, 0.2) is 0 Å². The molecular formula is C17H25F2NO. The van der Waals surface area contributed by atoms with E-state index in [9.17, 15) is 8.78 Å². The number of benzene rings is 1. The lowest BCUT2D eigenvalue weighted by atomic mass is 9.84. The zero-order valence-corrected chi connectivity index (χ0v) is 12.9. The number of hydrogen-bond donors (Lipinski definition) is 1. The van der Waals surface area contributed by atoms with Gasteiger partial charge in [0.05, 0.1) is 5.60 Å². The van der Waals surface area contributed by atoms with Gasteiger partial charge in [0.25, 0.3) is 0 Å². The molecule has 1 aromatic carbocycles. The maximum Gasteiger partial charge on any atom is 0.129 e. The third-order valence-electron chi connectivity index (χ3n) is 4.35. The largest absolute Gasteiger partial charge is 0.374 e. The fraction of sp³-hybridized carbons (Fsp3) is 0.647. The number of halogens is 2. The SMILES string of the molecule is CCCNC(Cc1c(F)cccc1F)C1(C)CCCCO1. The summed E-state index contributed by atoms with van der Waals surface area (Å²) in [5.41, 5.74) is -0.205. The first-order valence-corrected chi connectivity index (χ1v) is 7.87. The molecule has 0 amide bonds. The molecule has 1 aromatic rings. The Morgan fingerprint density at radius 3 is 2.57 bits per heavy atom. The van der Waals surface area contributed by atoms with Crippen molar-refractivity contribution in [3.05, 3.63) is 35.4 Å². The molecule has 0 saturated carbocycles. The van der Waals surface area contributed by atoms with E-state index in [1.165, 1.54) is 18.2 Å². The van der Waals surface area contributed by atoms with Crippen LogP contribution in [-0.4, -0.2) is 24.8 Å². The molecule has 4 heteroatoms. The zero-order valence-electron chi connectivity index (χ0n) is 12.9. The van der Waals surface area contributed by atoms with Crippen molar-refractivity contribution in [2.45, 2.75) is 57.6 Å². The van der Waals surface area contributed by atoms with Gasteiger partial charge in [0.1, 0.15) is 11.6 Å². The molecule has 1 aliphatic heterocycles. The molecule has 0 aliphatic carbocycles. The van der Waals surface area contributed by atoms with Gasteiger partial charge in [-0.15, -0.1) is 0 Å². The highest BCUT2D eigenvalue weighted by atomic mass is 19.1. The summed E-state index contributed by atoms with van der Waals surface area (Å²) in [4.78, 5) is 0. The molecule has 2 rings (SSSR count).